The smallest absolute Gasteiger partial charge is 0.264 e. The summed E-state index contributed by atoms with van der Waals surface area (Å²) >= 11 is 0. The zero-order chi connectivity index (χ0) is 14.1. The Labute approximate surface area is 112 Å². The van der Waals surface area contributed by atoms with Crippen LogP contribution in [0.25, 0.3) is 22.5 Å². The molecule has 3 N–H and O–H groups in total. The number of aromatic nitrogens is 3. The molecule has 3 rings (SSSR count). The van der Waals surface area contributed by atoms with Crippen LogP contribution < -0.4 is 11.3 Å². The molecule has 0 aliphatic heterocycles. The number of hydrogen-bond donors (Lipinski definition) is 2. The second-order valence-corrected chi connectivity index (χ2v) is 4.08. The molecule has 0 spiro atoms. The Hall–Kier alpha value is -2.96. The number of H-pyrrole nitrogens is 1. The van der Waals surface area contributed by atoms with Crippen molar-refractivity contribution >= 4 is 5.88 Å². The lowest BCUT2D eigenvalue weighted by molar-refractivity contribution is 0.439. The fourth-order valence-corrected chi connectivity index (χ4v) is 1.85. The number of halogens is 1. The zero-order valence-electron chi connectivity index (χ0n) is 10.1. The lowest BCUT2D eigenvalue weighted by atomic mass is 10.0. The summed E-state index contributed by atoms with van der Waals surface area (Å²) in [5.74, 6) is -0.257. The van der Waals surface area contributed by atoms with E-state index in [9.17, 15) is 9.18 Å². The first-order chi connectivity index (χ1) is 9.65. The van der Waals surface area contributed by atoms with Crippen molar-refractivity contribution in [3.05, 3.63) is 52.6 Å². The summed E-state index contributed by atoms with van der Waals surface area (Å²) in [4.78, 5) is 11.0. The molecule has 0 atom stereocenters. The van der Waals surface area contributed by atoms with Crippen LogP contribution in [0.3, 0.4) is 0 Å². The number of rotatable bonds is 2. The molecule has 1 aromatic carbocycles. The van der Waals surface area contributed by atoms with Gasteiger partial charge in [-0.1, -0.05) is 17.3 Å². The lowest BCUT2D eigenvalue weighted by Gasteiger charge is -2.01. The second-order valence-electron chi connectivity index (χ2n) is 4.08. The number of nitrogen functional groups attached to an aromatic ring is 1. The number of anilines is 1. The molecule has 7 heteroatoms. The number of benzene rings is 1. The molecule has 0 bridgehead atoms. The summed E-state index contributed by atoms with van der Waals surface area (Å²) in [6.45, 7) is 0. The quantitative estimate of drug-likeness (QED) is 0.741. The van der Waals surface area contributed by atoms with E-state index in [-0.39, 0.29) is 17.3 Å². The lowest BCUT2D eigenvalue weighted by Crippen LogP contribution is -2.05. The van der Waals surface area contributed by atoms with Crippen LogP contribution in [-0.4, -0.2) is 15.4 Å². The molecule has 0 unspecified atom stereocenters. The highest BCUT2D eigenvalue weighted by Crippen LogP contribution is 2.34. The van der Waals surface area contributed by atoms with Gasteiger partial charge in [0.2, 0.25) is 5.88 Å². The highest BCUT2D eigenvalue weighted by Gasteiger charge is 2.18. The van der Waals surface area contributed by atoms with Crippen LogP contribution in [0.5, 0.6) is 0 Å². The molecule has 0 saturated carbocycles. The van der Waals surface area contributed by atoms with Gasteiger partial charge in [0.15, 0.2) is 0 Å². The van der Waals surface area contributed by atoms with Crippen LogP contribution in [0.2, 0.25) is 0 Å². The molecule has 2 heterocycles. The number of nitrogens with zero attached hydrogens (tertiary/aromatic N) is 2. The topological polar surface area (TPSA) is 97.8 Å². The van der Waals surface area contributed by atoms with Gasteiger partial charge in [0.1, 0.15) is 17.2 Å². The van der Waals surface area contributed by atoms with Crippen molar-refractivity contribution < 1.29 is 8.91 Å². The summed E-state index contributed by atoms with van der Waals surface area (Å²) in [7, 11) is 0. The highest BCUT2D eigenvalue weighted by molar-refractivity contribution is 5.85. The van der Waals surface area contributed by atoms with Gasteiger partial charge in [-0.25, -0.2) is 9.49 Å². The average molecular weight is 272 g/mol. The molecule has 0 amide bonds. The fraction of sp³-hybridized carbons (Fsp3) is 0. The minimum atomic E-state index is -0.354. The molecule has 0 aliphatic carbocycles. The first-order valence-corrected chi connectivity index (χ1v) is 5.72. The molecule has 3 aromatic rings. The Morgan fingerprint density at radius 2 is 1.90 bits per heavy atom. The summed E-state index contributed by atoms with van der Waals surface area (Å²) in [6, 6.07) is 8.57. The van der Waals surface area contributed by atoms with E-state index < -0.39 is 0 Å². The molecule has 0 radical (unpaired) electrons. The summed E-state index contributed by atoms with van der Waals surface area (Å²) < 4.78 is 17.9. The van der Waals surface area contributed by atoms with Crippen LogP contribution >= 0.6 is 0 Å². The largest absolute Gasteiger partial charge is 0.367 e. The van der Waals surface area contributed by atoms with Crippen LogP contribution in [0.4, 0.5) is 10.3 Å². The molecule has 0 aliphatic rings. The van der Waals surface area contributed by atoms with E-state index in [0.717, 1.165) is 0 Å². The Bertz CT molecular complexity index is 787. The third-order valence-corrected chi connectivity index (χ3v) is 2.77. The van der Waals surface area contributed by atoms with Crippen LogP contribution in [0.15, 0.2) is 45.7 Å². The summed E-state index contributed by atoms with van der Waals surface area (Å²) in [6.07, 6.45) is 0. The maximum atomic E-state index is 13.0. The first-order valence-electron chi connectivity index (χ1n) is 5.72. The fourth-order valence-electron chi connectivity index (χ4n) is 1.85. The van der Waals surface area contributed by atoms with Crippen LogP contribution in [0.1, 0.15) is 0 Å². The van der Waals surface area contributed by atoms with Crippen molar-refractivity contribution in [3.63, 3.8) is 0 Å². The van der Waals surface area contributed by atoms with Gasteiger partial charge in [0.25, 0.3) is 5.56 Å². The maximum Gasteiger partial charge on any atom is 0.264 e. The van der Waals surface area contributed by atoms with Crippen LogP contribution in [0, 0.1) is 5.82 Å². The third-order valence-electron chi connectivity index (χ3n) is 2.77. The summed E-state index contributed by atoms with van der Waals surface area (Å²) in [5, 5.41) is 10.0. The SMILES string of the molecule is Nc1onc(-c2ccc(=O)[nH]n2)c1-c1ccc(F)cc1. The molecule has 20 heavy (non-hydrogen) atoms. The molecular weight excluding hydrogens is 263 g/mol. The molecule has 0 saturated heterocycles. The van der Waals surface area contributed by atoms with Gasteiger partial charge in [-0.05, 0) is 23.8 Å². The van der Waals surface area contributed by atoms with E-state index in [1.165, 1.54) is 24.3 Å². The monoisotopic (exact) mass is 272 g/mol. The van der Waals surface area contributed by atoms with E-state index >= 15 is 0 Å². The Kier molecular flexibility index (Phi) is 2.79. The van der Waals surface area contributed by atoms with E-state index in [2.05, 4.69) is 15.4 Å². The van der Waals surface area contributed by atoms with E-state index in [4.69, 9.17) is 10.3 Å². The predicted molar refractivity (Wildman–Crippen MR) is 70.2 cm³/mol. The number of aromatic amines is 1. The number of hydrogen-bond acceptors (Lipinski definition) is 5. The van der Waals surface area contributed by atoms with Gasteiger partial charge in [0.05, 0.1) is 5.56 Å². The van der Waals surface area contributed by atoms with E-state index in [0.29, 0.717) is 22.5 Å². The van der Waals surface area contributed by atoms with Crippen molar-refractivity contribution in [3.8, 4) is 22.5 Å². The van der Waals surface area contributed by atoms with E-state index in [1.54, 1.807) is 12.1 Å². The Morgan fingerprint density at radius 3 is 2.55 bits per heavy atom. The third kappa shape index (κ3) is 2.05. The maximum absolute atomic E-state index is 13.0. The second kappa shape index (κ2) is 4.61. The molecule has 2 aromatic heterocycles. The Morgan fingerprint density at radius 1 is 1.15 bits per heavy atom. The minimum absolute atomic E-state index is 0.0969. The average Bonchev–Trinajstić information content (AvgIpc) is 2.83. The predicted octanol–water partition coefficient (Wildman–Crippen LogP) is 1.81. The first kappa shape index (κ1) is 12.1. The van der Waals surface area contributed by atoms with Crippen molar-refractivity contribution in [2.24, 2.45) is 0 Å². The molecule has 6 nitrogen and oxygen atoms in total. The van der Waals surface area contributed by atoms with E-state index in [1.807, 2.05) is 0 Å². The van der Waals surface area contributed by atoms with Gasteiger partial charge in [-0.3, -0.25) is 4.79 Å². The standard InChI is InChI=1S/C13H9FN4O2/c14-8-3-1-7(2-4-8)11-12(18-20-13(11)15)9-5-6-10(19)17-16-9/h1-6H,15H2,(H,17,19). The van der Waals surface area contributed by atoms with Crippen molar-refractivity contribution in [1.82, 2.24) is 15.4 Å². The normalized spacial score (nSPS) is 10.7. The molecule has 0 fully saturated rings. The van der Waals surface area contributed by atoms with Gasteiger partial charge >= 0.3 is 0 Å². The summed E-state index contributed by atoms with van der Waals surface area (Å²) in [5.41, 5.74) is 7.37. The van der Waals surface area contributed by atoms with Crippen molar-refractivity contribution in [1.29, 1.82) is 0 Å². The van der Waals surface area contributed by atoms with Crippen molar-refractivity contribution in [2.45, 2.75) is 0 Å². The number of nitrogens with two attached hydrogens (primary N) is 1. The zero-order valence-corrected chi connectivity index (χ0v) is 10.1. The van der Waals surface area contributed by atoms with Gasteiger partial charge in [0, 0.05) is 6.07 Å². The molecule has 100 valence electrons. The Balaban J connectivity index is 2.16. The number of nitrogens with one attached hydrogen (secondary N) is 1. The van der Waals surface area contributed by atoms with Crippen LogP contribution in [-0.2, 0) is 0 Å². The van der Waals surface area contributed by atoms with Crippen molar-refractivity contribution in [2.75, 3.05) is 5.73 Å². The molecular formula is C13H9FN4O2. The highest BCUT2D eigenvalue weighted by atomic mass is 19.1. The van der Waals surface area contributed by atoms with Gasteiger partial charge in [-0.2, -0.15) is 5.10 Å². The van der Waals surface area contributed by atoms with Gasteiger partial charge in [-0.15, -0.1) is 0 Å². The minimum Gasteiger partial charge on any atom is -0.367 e. The van der Waals surface area contributed by atoms with Gasteiger partial charge < -0.3 is 10.3 Å².